The van der Waals surface area contributed by atoms with Crippen molar-refractivity contribution in [3.05, 3.63) is 144 Å². The monoisotopic (exact) mass is 591 g/mol. The molecule has 208 valence electrons. The van der Waals surface area contributed by atoms with Crippen molar-refractivity contribution in [3.8, 4) is 17.5 Å². The predicted octanol–water partition coefficient (Wildman–Crippen LogP) is 5.89. The molecule has 6 nitrogen and oxygen atoms in total. The summed E-state index contributed by atoms with van der Waals surface area (Å²) in [7, 11) is 0. The van der Waals surface area contributed by atoms with Crippen LogP contribution in [0.15, 0.2) is 102 Å². The lowest BCUT2D eigenvalue weighted by Gasteiger charge is -2.09. The van der Waals surface area contributed by atoms with Crippen LogP contribution in [-0.2, 0) is 11.4 Å². The molecule has 1 amide bonds. The van der Waals surface area contributed by atoms with Gasteiger partial charge in [-0.3, -0.25) is 14.2 Å². The van der Waals surface area contributed by atoms with Crippen molar-refractivity contribution in [3.63, 3.8) is 0 Å². The van der Waals surface area contributed by atoms with Crippen molar-refractivity contribution < 1.29 is 9.53 Å². The number of anilines is 1. The van der Waals surface area contributed by atoms with Gasteiger partial charge in [0.15, 0.2) is 5.57 Å². The van der Waals surface area contributed by atoms with Crippen LogP contribution in [0.4, 0.5) is 5.69 Å². The van der Waals surface area contributed by atoms with Gasteiger partial charge in [0, 0.05) is 10.7 Å². The molecular formula is C34H26ClN3O3S. The Kier molecular flexibility index (Phi) is 8.68. The molecule has 0 saturated heterocycles. The number of hydrogen-bond acceptors (Lipinski definition) is 5. The highest BCUT2D eigenvalue weighted by Gasteiger charge is 2.18. The predicted molar refractivity (Wildman–Crippen MR) is 169 cm³/mol. The van der Waals surface area contributed by atoms with E-state index in [1.807, 2.05) is 92.7 Å². The van der Waals surface area contributed by atoms with Crippen molar-refractivity contribution in [2.75, 3.05) is 5.32 Å². The molecular weight excluding hydrogens is 566 g/mol. The van der Waals surface area contributed by atoms with E-state index >= 15 is 0 Å². The molecule has 0 aliphatic rings. The van der Waals surface area contributed by atoms with Crippen molar-refractivity contribution in [2.24, 2.45) is 0 Å². The summed E-state index contributed by atoms with van der Waals surface area (Å²) in [6.45, 7) is 4.22. The summed E-state index contributed by atoms with van der Waals surface area (Å²) in [4.78, 5) is 27.3. The van der Waals surface area contributed by atoms with Gasteiger partial charge < -0.3 is 10.1 Å². The number of nitriles is 1. The van der Waals surface area contributed by atoms with Crippen LogP contribution in [0, 0.1) is 25.2 Å². The first-order valence-electron chi connectivity index (χ1n) is 13.1. The van der Waals surface area contributed by atoms with Gasteiger partial charge in [-0.2, -0.15) is 5.26 Å². The van der Waals surface area contributed by atoms with E-state index in [4.69, 9.17) is 16.3 Å². The van der Waals surface area contributed by atoms with E-state index < -0.39 is 5.91 Å². The van der Waals surface area contributed by atoms with Crippen molar-refractivity contribution in [2.45, 2.75) is 20.5 Å². The minimum absolute atomic E-state index is 0.183. The van der Waals surface area contributed by atoms with E-state index in [1.54, 1.807) is 30.3 Å². The molecule has 4 aromatic carbocycles. The maximum Gasteiger partial charge on any atom is 0.273 e. The maximum absolute atomic E-state index is 13.9. The molecule has 0 atom stereocenters. The zero-order valence-electron chi connectivity index (χ0n) is 22.9. The van der Waals surface area contributed by atoms with E-state index in [9.17, 15) is 14.9 Å². The summed E-state index contributed by atoms with van der Waals surface area (Å²) in [5, 5.41) is 13.3. The smallest absolute Gasteiger partial charge is 0.273 e. The van der Waals surface area contributed by atoms with Gasteiger partial charge in [0.25, 0.3) is 11.5 Å². The number of nitrogens with zero attached hydrogens (tertiary/aromatic N) is 2. The van der Waals surface area contributed by atoms with Gasteiger partial charge in [0.2, 0.25) is 0 Å². The molecule has 1 N–H and O–H groups in total. The highest BCUT2D eigenvalue weighted by Crippen LogP contribution is 2.18. The van der Waals surface area contributed by atoms with Gasteiger partial charge in [-0.15, -0.1) is 11.3 Å². The first-order valence-corrected chi connectivity index (χ1v) is 14.3. The third-order valence-corrected chi connectivity index (χ3v) is 7.80. The Balaban J connectivity index is 1.63. The number of aryl methyl sites for hydroxylation is 2. The van der Waals surface area contributed by atoms with Crippen LogP contribution in [0.25, 0.3) is 17.3 Å². The second-order valence-electron chi connectivity index (χ2n) is 9.64. The van der Waals surface area contributed by atoms with Crippen LogP contribution in [0.2, 0.25) is 5.02 Å². The van der Waals surface area contributed by atoms with E-state index in [2.05, 4.69) is 5.32 Å². The number of carbonyl (C=O) groups excluding carboxylic acids is 1. The standard InChI is InChI=1S/C34H26ClN3O3S/c1-22-14-15-23(2)30(16-22)38-33(40)31(18-25-10-6-13-28(17-25)41-21-24-8-4-3-5-9-24)42-34(38)29(20-36)32(39)37-27-12-7-11-26(35)19-27/h3-19H,21H2,1-2H3,(H,37,39). The number of thiazole rings is 1. The SMILES string of the molecule is Cc1ccc(C)c(-n2c(=C(C#N)C(=O)Nc3cccc(Cl)c3)sc(=Cc3cccc(OCc4ccccc4)c3)c2=O)c1. The van der Waals surface area contributed by atoms with Crippen LogP contribution in [0.3, 0.4) is 0 Å². The van der Waals surface area contributed by atoms with Crippen LogP contribution in [0.1, 0.15) is 22.3 Å². The van der Waals surface area contributed by atoms with Crippen molar-refractivity contribution >= 4 is 46.2 Å². The Labute approximate surface area is 252 Å². The summed E-state index contributed by atoms with van der Waals surface area (Å²) in [5.74, 6) is 0.0207. The average Bonchev–Trinajstić information content (AvgIpc) is 3.29. The number of hydrogen-bond donors (Lipinski definition) is 1. The fourth-order valence-corrected chi connectivity index (χ4v) is 5.66. The second-order valence-corrected chi connectivity index (χ2v) is 11.1. The summed E-state index contributed by atoms with van der Waals surface area (Å²) in [5.41, 5.74) is 4.10. The Morgan fingerprint density at radius 3 is 2.55 bits per heavy atom. The lowest BCUT2D eigenvalue weighted by Crippen LogP contribution is -2.32. The molecule has 0 fully saturated rings. The molecule has 0 bridgehead atoms. The number of benzene rings is 4. The number of halogens is 1. The zero-order valence-corrected chi connectivity index (χ0v) is 24.5. The lowest BCUT2D eigenvalue weighted by atomic mass is 10.1. The zero-order chi connectivity index (χ0) is 29.6. The summed E-state index contributed by atoms with van der Waals surface area (Å²) in [6.07, 6.45) is 1.75. The molecule has 0 aliphatic carbocycles. The first-order chi connectivity index (χ1) is 20.3. The van der Waals surface area contributed by atoms with Crippen molar-refractivity contribution in [1.82, 2.24) is 4.57 Å². The highest BCUT2D eigenvalue weighted by molar-refractivity contribution is 7.07. The van der Waals surface area contributed by atoms with Crippen LogP contribution in [-0.4, -0.2) is 10.5 Å². The fourth-order valence-electron chi connectivity index (χ4n) is 4.37. The summed E-state index contributed by atoms with van der Waals surface area (Å²) in [6, 6.07) is 31.7. The van der Waals surface area contributed by atoms with Crippen LogP contribution < -0.4 is 24.8 Å². The molecule has 0 unspecified atom stereocenters. The molecule has 5 rings (SSSR count). The fraction of sp³-hybridized carbons (Fsp3) is 0.0882. The third kappa shape index (κ3) is 6.52. The van der Waals surface area contributed by atoms with Gasteiger partial charge in [0.1, 0.15) is 23.1 Å². The van der Waals surface area contributed by atoms with Crippen LogP contribution in [0.5, 0.6) is 5.75 Å². The largest absolute Gasteiger partial charge is 0.489 e. The third-order valence-electron chi connectivity index (χ3n) is 6.47. The Bertz CT molecular complexity index is 2010. The molecule has 1 aromatic heterocycles. The Morgan fingerprint density at radius 1 is 1.00 bits per heavy atom. The number of aromatic nitrogens is 1. The van der Waals surface area contributed by atoms with E-state index in [-0.39, 0.29) is 15.8 Å². The summed E-state index contributed by atoms with van der Waals surface area (Å²) >= 11 is 7.17. The van der Waals surface area contributed by atoms with Gasteiger partial charge in [-0.05, 0) is 78.6 Å². The number of carbonyl (C=O) groups is 1. The first kappa shape index (κ1) is 28.6. The van der Waals surface area contributed by atoms with Gasteiger partial charge in [-0.25, -0.2) is 0 Å². The number of nitrogens with one attached hydrogen (secondary N) is 1. The Hall–Kier alpha value is -4.90. The average molecular weight is 592 g/mol. The minimum atomic E-state index is -0.636. The van der Waals surface area contributed by atoms with Gasteiger partial charge in [-0.1, -0.05) is 72.3 Å². The van der Waals surface area contributed by atoms with E-state index in [0.29, 0.717) is 33.3 Å². The van der Waals surface area contributed by atoms with E-state index in [1.165, 1.54) is 4.57 Å². The molecule has 0 saturated carbocycles. The second kappa shape index (κ2) is 12.7. The number of rotatable bonds is 7. The molecule has 0 spiro atoms. The molecule has 42 heavy (non-hydrogen) atoms. The molecule has 0 radical (unpaired) electrons. The van der Waals surface area contributed by atoms with Gasteiger partial charge >= 0.3 is 0 Å². The van der Waals surface area contributed by atoms with Crippen LogP contribution >= 0.6 is 22.9 Å². The van der Waals surface area contributed by atoms with E-state index in [0.717, 1.165) is 33.6 Å². The summed E-state index contributed by atoms with van der Waals surface area (Å²) < 4.78 is 8.02. The maximum atomic E-state index is 13.9. The Morgan fingerprint density at radius 2 is 1.79 bits per heavy atom. The normalized spacial score (nSPS) is 12.0. The molecule has 0 aliphatic heterocycles. The number of amides is 1. The highest BCUT2D eigenvalue weighted by atomic mass is 35.5. The van der Waals surface area contributed by atoms with Gasteiger partial charge in [0.05, 0.1) is 10.2 Å². The quantitative estimate of drug-likeness (QED) is 0.256. The number of ether oxygens (including phenoxy) is 1. The molecule has 5 aromatic rings. The lowest BCUT2D eigenvalue weighted by molar-refractivity contribution is -0.111. The minimum Gasteiger partial charge on any atom is -0.489 e. The van der Waals surface area contributed by atoms with Crippen molar-refractivity contribution in [1.29, 1.82) is 5.26 Å². The molecule has 8 heteroatoms. The molecule has 1 heterocycles. The topological polar surface area (TPSA) is 84.1 Å².